The maximum Gasteiger partial charge on any atom is 0.0592 e. The standard InChI is InChI=1S/C13H21N3/c1-11(2)5-8-16-10-13(9-15-16)12-3-6-14-7-4-12/h5,9-10,12,14H,3-4,6-8H2,1-2H3. The van der Waals surface area contributed by atoms with Gasteiger partial charge in [-0.25, -0.2) is 0 Å². The van der Waals surface area contributed by atoms with Crippen LogP contribution in [0.3, 0.4) is 0 Å². The summed E-state index contributed by atoms with van der Waals surface area (Å²) < 4.78 is 2.03. The molecular weight excluding hydrogens is 198 g/mol. The van der Waals surface area contributed by atoms with Crippen molar-refractivity contribution in [2.24, 2.45) is 0 Å². The predicted octanol–water partition coefficient (Wildman–Crippen LogP) is 2.32. The van der Waals surface area contributed by atoms with Gasteiger partial charge in [-0.15, -0.1) is 0 Å². The summed E-state index contributed by atoms with van der Waals surface area (Å²) in [7, 11) is 0. The van der Waals surface area contributed by atoms with Crippen molar-refractivity contribution in [3.63, 3.8) is 0 Å². The fourth-order valence-corrected chi connectivity index (χ4v) is 2.12. The number of hydrogen-bond acceptors (Lipinski definition) is 2. The first kappa shape index (κ1) is 11.4. The Morgan fingerprint density at radius 3 is 2.94 bits per heavy atom. The van der Waals surface area contributed by atoms with Gasteiger partial charge in [0.25, 0.3) is 0 Å². The average Bonchev–Trinajstić information content (AvgIpc) is 2.76. The molecule has 3 nitrogen and oxygen atoms in total. The van der Waals surface area contributed by atoms with Crippen LogP contribution in [0.1, 0.15) is 38.2 Å². The second-order valence-electron chi connectivity index (χ2n) is 4.80. The van der Waals surface area contributed by atoms with Crippen LogP contribution < -0.4 is 5.32 Å². The normalized spacial score (nSPS) is 17.4. The highest BCUT2D eigenvalue weighted by molar-refractivity contribution is 5.12. The van der Waals surface area contributed by atoms with Gasteiger partial charge in [-0.2, -0.15) is 5.10 Å². The van der Waals surface area contributed by atoms with Gasteiger partial charge in [0.05, 0.1) is 12.7 Å². The molecule has 1 aliphatic rings. The smallest absolute Gasteiger partial charge is 0.0592 e. The summed E-state index contributed by atoms with van der Waals surface area (Å²) in [4.78, 5) is 0. The monoisotopic (exact) mass is 219 g/mol. The number of aromatic nitrogens is 2. The summed E-state index contributed by atoms with van der Waals surface area (Å²) in [5.74, 6) is 0.710. The molecule has 1 aromatic heterocycles. The Hall–Kier alpha value is -1.09. The number of nitrogens with zero attached hydrogens (tertiary/aromatic N) is 2. The Bertz CT molecular complexity index is 355. The van der Waals surface area contributed by atoms with E-state index < -0.39 is 0 Å². The van der Waals surface area contributed by atoms with E-state index in [0.717, 1.165) is 19.6 Å². The van der Waals surface area contributed by atoms with Crippen LogP contribution in [-0.4, -0.2) is 22.9 Å². The van der Waals surface area contributed by atoms with E-state index in [-0.39, 0.29) is 0 Å². The molecule has 2 heterocycles. The Labute approximate surface area is 97.5 Å². The summed E-state index contributed by atoms with van der Waals surface area (Å²) in [5, 5.41) is 7.81. The third-order valence-corrected chi connectivity index (χ3v) is 3.15. The van der Waals surface area contributed by atoms with Crippen LogP contribution in [-0.2, 0) is 6.54 Å². The lowest BCUT2D eigenvalue weighted by atomic mass is 9.93. The van der Waals surface area contributed by atoms with E-state index in [1.54, 1.807) is 0 Å². The molecule has 0 spiro atoms. The molecule has 0 saturated carbocycles. The molecule has 0 amide bonds. The molecule has 1 saturated heterocycles. The minimum atomic E-state index is 0.710. The van der Waals surface area contributed by atoms with E-state index in [0.29, 0.717) is 5.92 Å². The molecule has 0 bridgehead atoms. The van der Waals surface area contributed by atoms with Gasteiger partial charge in [-0.05, 0) is 51.3 Å². The molecule has 1 N–H and O–H groups in total. The lowest BCUT2D eigenvalue weighted by Gasteiger charge is -2.21. The van der Waals surface area contributed by atoms with Gasteiger partial charge in [-0.3, -0.25) is 4.68 Å². The third kappa shape index (κ3) is 2.95. The van der Waals surface area contributed by atoms with Gasteiger partial charge in [0.15, 0.2) is 0 Å². The topological polar surface area (TPSA) is 29.9 Å². The van der Waals surface area contributed by atoms with E-state index in [2.05, 4.69) is 36.5 Å². The van der Waals surface area contributed by atoms with Crippen molar-refractivity contribution in [3.8, 4) is 0 Å². The maximum absolute atomic E-state index is 4.42. The molecule has 1 aromatic rings. The minimum absolute atomic E-state index is 0.710. The number of piperidine rings is 1. The lowest BCUT2D eigenvalue weighted by molar-refractivity contribution is 0.460. The summed E-state index contributed by atoms with van der Waals surface area (Å²) in [6.07, 6.45) is 8.94. The first-order chi connectivity index (χ1) is 7.75. The van der Waals surface area contributed by atoms with E-state index in [1.807, 2.05) is 10.9 Å². The van der Waals surface area contributed by atoms with Crippen LogP contribution in [0.25, 0.3) is 0 Å². The van der Waals surface area contributed by atoms with Crippen LogP contribution in [0, 0.1) is 0 Å². The maximum atomic E-state index is 4.42. The summed E-state index contributed by atoms with van der Waals surface area (Å²) in [6, 6.07) is 0. The van der Waals surface area contributed by atoms with Gasteiger partial charge in [-0.1, -0.05) is 11.6 Å². The molecule has 0 atom stereocenters. The van der Waals surface area contributed by atoms with Crippen molar-refractivity contribution in [2.75, 3.05) is 13.1 Å². The van der Waals surface area contributed by atoms with Crippen molar-refractivity contribution < 1.29 is 0 Å². The zero-order valence-electron chi connectivity index (χ0n) is 10.2. The van der Waals surface area contributed by atoms with Crippen molar-refractivity contribution in [1.29, 1.82) is 0 Å². The fraction of sp³-hybridized carbons (Fsp3) is 0.615. The quantitative estimate of drug-likeness (QED) is 0.791. The highest BCUT2D eigenvalue weighted by atomic mass is 15.3. The van der Waals surface area contributed by atoms with Gasteiger partial charge in [0.1, 0.15) is 0 Å². The van der Waals surface area contributed by atoms with Gasteiger partial charge >= 0.3 is 0 Å². The van der Waals surface area contributed by atoms with Crippen LogP contribution in [0.2, 0.25) is 0 Å². The van der Waals surface area contributed by atoms with Gasteiger partial charge in [0, 0.05) is 6.20 Å². The Kier molecular flexibility index (Phi) is 3.78. The van der Waals surface area contributed by atoms with E-state index in [1.165, 1.54) is 24.0 Å². The van der Waals surface area contributed by atoms with E-state index in [4.69, 9.17) is 0 Å². The molecule has 0 aromatic carbocycles. The highest BCUT2D eigenvalue weighted by Crippen LogP contribution is 2.24. The molecular formula is C13H21N3. The first-order valence-electron chi connectivity index (χ1n) is 6.12. The summed E-state index contributed by atoms with van der Waals surface area (Å²) in [6.45, 7) is 7.43. The zero-order valence-corrected chi connectivity index (χ0v) is 10.2. The molecule has 1 fully saturated rings. The van der Waals surface area contributed by atoms with Gasteiger partial charge in [0.2, 0.25) is 0 Å². The van der Waals surface area contributed by atoms with Crippen molar-refractivity contribution >= 4 is 0 Å². The zero-order chi connectivity index (χ0) is 11.4. The second-order valence-corrected chi connectivity index (χ2v) is 4.80. The third-order valence-electron chi connectivity index (χ3n) is 3.15. The highest BCUT2D eigenvalue weighted by Gasteiger charge is 2.16. The molecule has 3 heteroatoms. The Balaban J connectivity index is 1.98. The molecule has 0 aliphatic carbocycles. The number of hydrogen-bond donors (Lipinski definition) is 1. The molecule has 16 heavy (non-hydrogen) atoms. The summed E-state index contributed by atoms with van der Waals surface area (Å²) in [5.41, 5.74) is 2.75. The number of rotatable bonds is 3. The Morgan fingerprint density at radius 2 is 2.25 bits per heavy atom. The minimum Gasteiger partial charge on any atom is -0.317 e. The number of allylic oxidation sites excluding steroid dienone is 2. The fourth-order valence-electron chi connectivity index (χ4n) is 2.12. The van der Waals surface area contributed by atoms with E-state index >= 15 is 0 Å². The SMILES string of the molecule is CC(C)=CCn1cc(C2CCNCC2)cn1. The molecule has 0 radical (unpaired) electrons. The second kappa shape index (κ2) is 5.30. The molecule has 2 rings (SSSR count). The van der Waals surface area contributed by atoms with Crippen LogP contribution in [0.15, 0.2) is 24.0 Å². The van der Waals surface area contributed by atoms with Crippen molar-refractivity contribution in [2.45, 2.75) is 39.2 Å². The number of nitrogens with one attached hydrogen (secondary N) is 1. The Morgan fingerprint density at radius 1 is 1.50 bits per heavy atom. The average molecular weight is 219 g/mol. The lowest BCUT2D eigenvalue weighted by Crippen LogP contribution is -2.26. The summed E-state index contributed by atoms with van der Waals surface area (Å²) >= 11 is 0. The van der Waals surface area contributed by atoms with Crippen LogP contribution >= 0.6 is 0 Å². The van der Waals surface area contributed by atoms with Gasteiger partial charge < -0.3 is 5.32 Å². The predicted molar refractivity (Wildman–Crippen MR) is 66.5 cm³/mol. The van der Waals surface area contributed by atoms with Crippen molar-refractivity contribution in [1.82, 2.24) is 15.1 Å². The molecule has 0 unspecified atom stereocenters. The molecule has 88 valence electrons. The van der Waals surface area contributed by atoms with Crippen LogP contribution in [0.4, 0.5) is 0 Å². The van der Waals surface area contributed by atoms with Crippen molar-refractivity contribution in [3.05, 3.63) is 29.6 Å². The van der Waals surface area contributed by atoms with Crippen LogP contribution in [0.5, 0.6) is 0 Å². The largest absolute Gasteiger partial charge is 0.317 e. The molecule has 1 aliphatic heterocycles. The van der Waals surface area contributed by atoms with E-state index in [9.17, 15) is 0 Å². The first-order valence-corrected chi connectivity index (χ1v) is 6.12.